The Kier molecular flexibility index (Phi) is 9.46. The number of amides is 1. The Morgan fingerprint density at radius 1 is 0.953 bits per heavy atom. The summed E-state index contributed by atoms with van der Waals surface area (Å²) < 4.78 is 53.0. The van der Waals surface area contributed by atoms with Crippen LogP contribution in [0.15, 0.2) is 78.9 Å². The number of aromatic nitrogens is 2. The summed E-state index contributed by atoms with van der Waals surface area (Å²) in [6.07, 6.45) is -7.14. The first-order chi connectivity index (χ1) is 20.5. The number of anilines is 1. The Morgan fingerprint density at radius 3 is 2.23 bits per heavy atom. The third kappa shape index (κ3) is 7.98. The fourth-order valence-corrected chi connectivity index (χ4v) is 4.25. The van der Waals surface area contributed by atoms with Crippen molar-refractivity contribution in [2.75, 3.05) is 19.4 Å². The number of aliphatic carboxylic acids is 1. The minimum atomic E-state index is -4.78. The van der Waals surface area contributed by atoms with Gasteiger partial charge in [-0.25, -0.2) is 9.78 Å². The topological polar surface area (TPSA) is 163 Å². The van der Waals surface area contributed by atoms with Crippen LogP contribution in [0.5, 0.6) is 11.6 Å². The Labute approximate surface area is 244 Å². The summed E-state index contributed by atoms with van der Waals surface area (Å²) in [4.78, 5) is 31.0. The van der Waals surface area contributed by atoms with E-state index < -0.39 is 30.2 Å². The number of nitrogens with zero attached hydrogens (tertiary/aromatic N) is 2. The molecule has 3 aromatic carbocycles. The molecule has 0 aliphatic carbocycles. The highest BCUT2D eigenvalue weighted by molar-refractivity contribution is 5.84. The number of alkyl halides is 3. The molecule has 0 spiro atoms. The Morgan fingerprint density at radius 2 is 1.63 bits per heavy atom. The van der Waals surface area contributed by atoms with Crippen molar-refractivity contribution in [2.24, 2.45) is 5.73 Å². The van der Waals surface area contributed by atoms with E-state index >= 15 is 0 Å². The number of hydrogen-bond acceptors (Lipinski definition) is 8. The maximum absolute atomic E-state index is 14.2. The number of carbonyl (C=O) groups is 2. The van der Waals surface area contributed by atoms with Crippen molar-refractivity contribution in [3.63, 3.8) is 0 Å². The summed E-state index contributed by atoms with van der Waals surface area (Å²) in [5.41, 5.74) is 13.6. The summed E-state index contributed by atoms with van der Waals surface area (Å²) in [5.74, 6) is -1.92. The van der Waals surface area contributed by atoms with Gasteiger partial charge in [-0.3, -0.25) is 4.79 Å². The molecule has 0 aliphatic heterocycles. The van der Waals surface area contributed by atoms with Crippen LogP contribution in [0.25, 0.3) is 22.4 Å². The van der Waals surface area contributed by atoms with E-state index in [1.165, 1.54) is 25.3 Å². The number of hydrogen-bond donors (Lipinski definition) is 4. The summed E-state index contributed by atoms with van der Waals surface area (Å²) in [7, 11) is 1.53. The highest BCUT2D eigenvalue weighted by Gasteiger charge is 2.43. The largest absolute Gasteiger partial charge is 0.497 e. The number of nitrogen functional groups attached to an aromatic ring is 1. The number of ether oxygens (including phenoxy) is 2. The third-order valence-corrected chi connectivity index (χ3v) is 6.38. The van der Waals surface area contributed by atoms with Crippen LogP contribution in [0.1, 0.15) is 17.2 Å². The van der Waals surface area contributed by atoms with Crippen molar-refractivity contribution in [1.82, 2.24) is 15.3 Å². The zero-order chi connectivity index (χ0) is 31.1. The lowest BCUT2D eigenvalue weighted by Crippen LogP contribution is -2.44. The Bertz CT molecular complexity index is 1580. The number of halogens is 3. The number of methoxy groups -OCH3 is 1. The normalized spacial score (nSPS) is 12.7. The number of carbonyl (C=O) groups excluding carboxylic acids is 1. The van der Waals surface area contributed by atoms with E-state index in [9.17, 15) is 27.9 Å². The number of carboxylic acids is 1. The van der Waals surface area contributed by atoms with Gasteiger partial charge in [0.15, 0.2) is 0 Å². The second kappa shape index (κ2) is 13.2. The molecule has 13 heteroatoms. The molecule has 10 nitrogen and oxygen atoms in total. The molecule has 0 fully saturated rings. The van der Waals surface area contributed by atoms with E-state index in [0.717, 1.165) is 5.56 Å². The van der Waals surface area contributed by atoms with Crippen LogP contribution in [0.2, 0.25) is 0 Å². The molecule has 6 N–H and O–H groups in total. The zero-order valence-electron chi connectivity index (χ0n) is 22.8. The van der Waals surface area contributed by atoms with Gasteiger partial charge < -0.3 is 31.4 Å². The maximum Gasteiger partial charge on any atom is 0.429 e. The summed E-state index contributed by atoms with van der Waals surface area (Å²) in [6.45, 7) is -0.355. The molecule has 0 saturated carbocycles. The molecule has 1 aromatic heterocycles. The van der Waals surface area contributed by atoms with Crippen LogP contribution >= 0.6 is 0 Å². The van der Waals surface area contributed by atoms with Crippen LogP contribution in [0.4, 0.5) is 19.1 Å². The fourth-order valence-electron chi connectivity index (χ4n) is 4.25. The van der Waals surface area contributed by atoms with E-state index in [-0.39, 0.29) is 36.1 Å². The van der Waals surface area contributed by atoms with Gasteiger partial charge in [0.05, 0.1) is 19.3 Å². The van der Waals surface area contributed by atoms with Crippen molar-refractivity contribution < 1.29 is 37.3 Å². The highest BCUT2D eigenvalue weighted by atomic mass is 19.4. The summed E-state index contributed by atoms with van der Waals surface area (Å²) >= 11 is 0. The minimum absolute atomic E-state index is 0.0223. The van der Waals surface area contributed by atoms with Crippen molar-refractivity contribution in [3.8, 4) is 34.0 Å². The van der Waals surface area contributed by atoms with Crippen molar-refractivity contribution in [3.05, 3.63) is 90.0 Å². The molecule has 2 unspecified atom stereocenters. The van der Waals surface area contributed by atoms with E-state index in [1.807, 2.05) is 6.07 Å². The maximum atomic E-state index is 14.2. The molecule has 224 valence electrons. The molecule has 1 amide bonds. The molecule has 0 saturated heterocycles. The van der Waals surface area contributed by atoms with Gasteiger partial charge in [0.2, 0.25) is 23.8 Å². The SMILES string of the molecule is COc1cccc(-c2ccc(C(Oc3cc(-c4ccc(CC(NC(=O)CN)C(=O)O)cc4)nc(N)n3)C(F)(F)F)cc2)c1. The first-order valence-electron chi connectivity index (χ1n) is 12.9. The molecule has 0 radical (unpaired) electrons. The number of benzene rings is 3. The minimum Gasteiger partial charge on any atom is -0.497 e. The molecule has 0 aliphatic rings. The lowest BCUT2D eigenvalue weighted by molar-refractivity contribution is -0.198. The van der Waals surface area contributed by atoms with Crippen molar-refractivity contribution in [2.45, 2.75) is 24.7 Å². The van der Waals surface area contributed by atoms with Gasteiger partial charge in [0.25, 0.3) is 0 Å². The average Bonchev–Trinajstić information content (AvgIpc) is 2.99. The average molecular weight is 596 g/mol. The first kappa shape index (κ1) is 30.8. The summed E-state index contributed by atoms with van der Waals surface area (Å²) in [5, 5.41) is 11.7. The zero-order valence-corrected chi connectivity index (χ0v) is 22.8. The van der Waals surface area contributed by atoms with Gasteiger partial charge in [0, 0.05) is 23.6 Å². The molecule has 4 aromatic rings. The molecule has 1 heterocycles. The standard InChI is InChI=1S/C30H28F3N5O5/c1-42-22-4-2-3-21(14-22)18-9-11-20(12-10-18)27(30(31,32)33)43-26-15-23(37-29(35)38-26)19-7-5-17(6-8-19)13-24(28(40)41)36-25(39)16-34/h2-12,14-15,24,27H,13,16,34H2,1H3,(H,36,39)(H,40,41)(H2,35,37,38). The molecule has 2 atom stereocenters. The lowest BCUT2D eigenvalue weighted by Gasteiger charge is -2.22. The molecule has 4 rings (SSSR count). The van der Waals surface area contributed by atoms with Gasteiger partial charge in [-0.1, -0.05) is 60.7 Å². The quantitative estimate of drug-likeness (QED) is 0.199. The second-order valence-electron chi connectivity index (χ2n) is 9.41. The van der Waals surface area contributed by atoms with Gasteiger partial charge in [0.1, 0.15) is 11.8 Å². The number of nitrogens with two attached hydrogens (primary N) is 2. The van der Waals surface area contributed by atoms with Gasteiger partial charge in [-0.15, -0.1) is 0 Å². The number of nitrogens with one attached hydrogen (secondary N) is 1. The lowest BCUT2D eigenvalue weighted by atomic mass is 10.0. The highest BCUT2D eigenvalue weighted by Crippen LogP contribution is 2.38. The van der Waals surface area contributed by atoms with Crippen LogP contribution in [0, 0.1) is 0 Å². The van der Waals surface area contributed by atoms with Crippen molar-refractivity contribution in [1.29, 1.82) is 0 Å². The van der Waals surface area contributed by atoms with Gasteiger partial charge in [-0.2, -0.15) is 18.2 Å². The summed E-state index contributed by atoms with van der Waals surface area (Å²) in [6, 6.07) is 19.3. The second-order valence-corrected chi connectivity index (χ2v) is 9.41. The van der Waals surface area contributed by atoms with Gasteiger partial charge in [-0.05, 0) is 28.8 Å². The Hall–Kier alpha value is -5.17. The van der Waals surface area contributed by atoms with Crippen molar-refractivity contribution >= 4 is 17.8 Å². The number of rotatable bonds is 11. The van der Waals surface area contributed by atoms with Crippen LogP contribution in [0.3, 0.4) is 0 Å². The smallest absolute Gasteiger partial charge is 0.429 e. The van der Waals surface area contributed by atoms with Crippen LogP contribution < -0.4 is 26.3 Å². The van der Waals surface area contributed by atoms with E-state index in [2.05, 4.69) is 15.3 Å². The van der Waals surface area contributed by atoms with Crippen LogP contribution in [-0.2, 0) is 16.0 Å². The predicted molar refractivity (Wildman–Crippen MR) is 152 cm³/mol. The van der Waals surface area contributed by atoms with E-state index in [0.29, 0.717) is 22.4 Å². The van der Waals surface area contributed by atoms with Crippen LogP contribution in [-0.4, -0.2) is 52.8 Å². The van der Waals surface area contributed by atoms with Gasteiger partial charge >= 0.3 is 12.1 Å². The fraction of sp³-hybridized carbons (Fsp3) is 0.200. The molecule has 0 bridgehead atoms. The third-order valence-electron chi connectivity index (χ3n) is 6.38. The molecule has 43 heavy (non-hydrogen) atoms. The number of carboxylic acid groups (broad SMARTS) is 1. The van der Waals surface area contributed by atoms with E-state index in [4.69, 9.17) is 20.9 Å². The van der Waals surface area contributed by atoms with E-state index in [1.54, 1.807) is 54.6 Å². The first-order valence-corrected chi connectivity index (χ1v) is 12.9. The predicted octanol–water partition coefficient (Wildman–Crippen LogP) is 4.15. The Balaban J connectivity index is 1.55. The molecular formula is C30H28F3N5O5. The molecular weight excluding hydrogens is 567 g/mol. The monoisotopic (exact) mass is 595 g/mol.